The zero-order chi connectivity index (χ0) is 13.1. The monoisotopic (exact) mass is 282 g/mol. The van der Waals surface area contributed by atoms with Gasteiger partial charge >= 0.3 is 5.97 Å². The Bertz CT molecular complexity index is 581. The molecule has 0 atom stereocenters. The standard InChI is InChI=1S/C12H14N2O2S2/c1-7-8(2)18-12-10(7)11(13-6-14-12)17-5-3-4-9(15)16/h6H,3-5H2,1-2H3,(H,15,16). The molecule has 0 bridgehead atoms. The van der Waals surface area contributed by atoms with Crippen LogP contribution in [0, 0.1) is 13.8 Å². The Morgan fingerprint density at radius 1 is 1.44 bits per heavy atom. The zero-order valence-corrected chi connectivity index (χ0v) is 11.9. The molecule has 0 radical (unpaired) electrons. The molecule has 0 fully saturated rings. The molecular weight excluding hydrogens is 268 g/mol. The van der Waals surface area contributed by atoms with Gasteiger partial charge in [-0.3, -0.25) is 4.79 Å². The highest BCUT2D eigenvalue weighted by molar-refractivity contribution is 7.99. The van der Waals surface area contributed by atoms with Gasteiger partial charge in [0.1, 0.15) is 16.2 Å². The summed E-state index contributed by atoms with van der Waals surface area (Å²) in [5, 5.41) is 10.7. The number of rotatable bonds is 5. The van der Waals surface area contributed by atoms with Gasteiger partial charge in [0.05, 0.1) is 0 Å². The maximum absolute atomic E-state index is 10.4. The van der Waals surface area contributed by atoms with Crippen molar-refractivity contribution in [1.82, 2.24) is 9.97 Å². The van der Waals surface area contributed by atoms with Crippen molar-refractivity contribution >= 4 is 39.3 Å². The van der Waals surface area contributed by atoms with Gasteiger partial charge in [0, 0.05) is 22.4 Å². The Morgan fingerprint density at radius 3 is 2.94 bits per heavy atom. The minimum absolute atomic E-state index is 0.211. The fourth-order valence-corrected chi connectivity index (χ4v) is 3.71. The Balaban J connectivity index is 2.15. The van der Waals surface area contributed by atoms with E-state index >= 15 is 0 Å². The number of aliphatic carboxylic acids is 1. The summed E-state index contributed by atoms with van der Waals surface area (Å²) < 4.78 is 0. The number of thioether (sulfide) groups is 1. The number of hydrogen-bond donors (Lipinski definition) is 1. The first-order valence-corrected chi connectivity index (χ1v) is 7.45. The van der Waals surface area contributed by atoms with E-state index in [9.17, 15) is 4.79 Å². The second-order valence-corrected chi connectivity index (χ2v) is 6.27. The maximum Gasteiger partial charge on any atom is 0.303 e. The van der Waals surface area contributed by atoms with Crippen molar-refractivity contribution in [2.45, 2.75) is 31.7 Å². The van der Waals surface area contributed by atoms with Crippen molar-refractivity contribution in [2.75, 3.05) is 5.75 Å². The predicted octanol–water partition coefficient (Wildman–Crippen LogP) is 3.27. The molecule has 0 spiro atoms. The number of carboxylic acid groups (broad SMARTS) is 1. The molecule has 2 aromatic rings. The van der Waals surface area contributed by atoms with Gasteiger partial charge < -0.3 is 5.11 Å². The van der Waals surface area contributed by atoms with Gasteiger partial charge in [0.25, 0.3) is 0 Å². The molecule has 2 heterocycles. The Labute approximate surface area is 113 Å². The van der Waals surface area contributed by atoms with Crippen molar-refractivity contribution in [2.24, 2.45) is 0 Å². The van der Waals surface area contributed by atoms with Gasteiger partial charge in [-0.05, 0) is 25.8 Å². The van der Waals surface area contributed by atoms with E-state index in [1.807, 2.05) is 0 Å². The summed E-state index contributed by atoms with van der Waals surface area (Å²) in [6.45, 7) is 4.17. The van der Waals surface area contributed by atoms with Crippen LogP contribution in [0.2, 0.25) is 0 Å². The van der Waals surface area contributed by atoms with Gasteiger partial charge in [-0.25, -0.2) is 9.97 Å². The topological polar surface area (TPSA) is 63.1 Å². The predicted molar refractivity (Wildman–Crippen MR) is 74.5 cm³/mol. The molecule has 6 heteroatoms. The van der Waals surface area contributed by atoms with Gasteiger partial charge in [-0.15, -0.1) is 23.1 Å². The lowest BCUT2D eigenvalue weighted by Crippen LogP contribution is -1.95. The quantitative estimate of drug-likeness (QED) is 0.518. The molecule has 0 amide bonds. The average molecular weight is 282 g/mol. The van der Waals surface area contributed by atoms with Crippen LogP contribution in [-0.2, 0) is 4.79 Å². The third kappa shape index (κ3) is 2.81. The fraction of sp³-hybridized carbons (Fsp3) is 0.417. The smallest absolute Gasteiger partial charge is 0.303 e. The SMILES string of the molecule is Cc1sc2ncnc(SCCCC(=O)O)c2c1C. The second-order valence-electron chi connectivity index (χ2n) is 3.99. The average Bonchev–Trinajstić information content (AvgIpc) is 2.61. The number of hydrogen-bond acceptors (Lipinski definition) is 5. The molecule has 2 aromatic heterocycles. The van der Waals surface area contributed by atoms with Crippen molar-refractivity contribution in [3.05, 3.63) is 16.8 Å². The summed E-state index contributed by atoms with van der Waals surface area (Å²) >= 11 is 3.29. The van der Waals surface area contributed by atoms with Crippen LogP contribution in [0.1, 0.15) is 23.3 Å². The van der Waals surface area contributed by atoms with Crippen LogP contribution in [0.5, 0.6) is 0 Å². The van der Waals surface area contributed by atoms with E-state index in [-0.39, 0.29) is 6.42 Å². The first-order valence-electron chi connectivity index (χ1n) is 5.65. The third-order valence-corrected chi connectivity index (χ3v) is 4.90. The molecule has 0 aliphatic rings. The summed E-state index contributed by atoms with van der Waals surface area (Å²) in [7, 11) is 0. The number of aryl methyl sites for hydroxylation is 2. The molecule has 0 aromatic carbocycles. The number of carbonyl (C=O) groups is 1. The normalized spacial score (nSPS) is 11.0. The van der Waals surface area contributed by atoms with E-state index in [0.29, 0.717) is 6.42 Å². The zero-order valence-electron chi connectivity index (χ0n) is 10.3. The van der Waals surface area contributed by atoms with Gasteiger partial charge in [0.2, 0.25) is 0 Å². The lowest BCUT2D eigenvalue weighted by atomic mass is 10.2. The number of nitrogens with zero attached hydrogens (tertiary/aromatic N) is 2. The molecule has 0 aliphatic carbocycles. The van der Waals surface area contributed by atoms with Crippen LogP contribution in [0.15, 0.2) is 11.4 Å². The van der Waals surface area contributed by atoms with Crippen LogP contribution in [-0.4, -0.2) is 26.8 Å². The van der Waals surface area contributed by atoms with E-state index in [2.05, 4.69) is 23.8 Å². The van der Waals surface area contributed by atoms with Crippen molar-refractivity contribution in [1.29, 1.82) is 0 Å². The lowest BCUT2D eigenvalue weighted by Gasteiger charge is -2.02. The van der Waals surface area contributed by atoms with Crippen LogP contribution in [0.25, 0.3) is 10.2 Å². The van der Waals surface area contributed by atoms with Crippen molar-refractivity contribution in [3.63, 3.8) is 0 Å². The van der Waals surface area contributed by atoms with Crippen molar-refractivity contribution in [3.8, 4) is 0 Å². The fourth-order valence-electron chi connectivity index (χ4n) is 1.65. The summed E-state index contributed by atoms with van der Waals surface area (Å²) in [4.78, 5) is 21.3. The van der Waals surface area contributed by atoms with E-state index in [4.69, 9.17) is 5.11 Å². The Kier molecular flexibility index (Phi) is 4.19. The molecular formula is C12H14N2O2S2. The Morgan fingerprint density at radius 2 is 2.22 bits per heavy atom. The minimum Gasteiger partial charge on any atom is -0.481 e. The molecule has 0 aliphatic heterocycles. The molecule has 0 saturated heterocycles. The highest BCUT2D eigenvalue weighted by Crippen LogP contribution is 2.34. The lowest BCUT2D eigenvalue weighted by molar-refractivity contribution is -0.137. The highest BCUT2D eigenvalue weighted by atomic mass is 32.2. The highest BCUT2D eigenvalue weighted by Gasteiger charge is 2.12. The number of carboxylic acids is 1. The molecule has 96 valence electrons. The van der Waals surface area contributed by atoms with E-state index < -0.39 is 5.97 Å². The first kappa shape index (κ1) is 13.3. The van der Waals surface area contributed by atoms with Crippen LogP contribution >= 0.6 is 23.1 Å². The van der Waals surface area contributed by atoms with Crippen LogP contribution < -0.4 is 0 Å². The number of aromatic nitrogens is 2. The summed E-state index contributed by atoms with van der Waals surface area (Å²) in [6, 6.07) is 0. The number of thiophene rings is 1. The number of fused-ring (bicyclic) bond motifs is 1. The largest absolute Gasteiger partial charge is 0.481 e. The molecule has 4 nitrogen and oxygen atoms in total. The second kappa shape index (κ2) is 5.67. The van der Waals surface area contributed by atoms with Crippen LogP contribution in [0.3, 0.4) is 0 Å². The molecule has 1 N–H and O–H groups in total. The maximum atomic E-state index is 10.4. The van der Waals surface area contributed by atoms with E-state index in [1.165, 1.54) is 10.4 Å². The molecule has 0 unspecified atom stereocenters. The molecule has 0 saturated carbocycles. The third-order valence-electron chi connectivity index (χ3n) is 2.70. The van der Waals surface area contributed by atoms with E-state index in [0.717, 1.165) is 21.0 Å². The molecule has 2 rings (SSSR count). The molecule has 18 heavy (non-hydrogen) atoms. The van der Waals surface area contributed by atoms with Crippen molar-refractivity contribution < 1.29 is 9.90 Å². The summed E-state index contributed by atoms with van der Waals surface area (Å²) in [5.74, 6) is 0.0261. The Hall–Kier alpha value is -1.14. The van der Waals surface area contributed by atoms with E-state index in [1.54, 1.807) is 29.4 Å². The van der Waals surface area contributed by atoms with Gasteiger partial charge in [-0.1, -0.05) is 0 Å². The van der Waals surface area contributed by atoms with Crippen LogP contribution in [0.4, 0.5) is 0 Å². The van der Waals surface area contributed by atoms with Gasteiger partial charge in [-0.2, -0.15) is 0 Å². The summed E-state index contributed by atoms with van der Waals surface area (Å²) in [6.07, 6.45) is 2.45. The summed E-state index contributed by atoms with van der Waals surface area (Å²) in [5.41, 5.74) is 1.23. The first-order chi connectivity index (χ1) is 8.59. The van der Waals surface area contributed by atoms with Gasteiger partial charge in [0.15, 0.2) is 0 Å². The minimum atomic E-state index is -0.744.